The Morgan fingerprint density at radius 3 is 2.41 bits per heavy atom. The highest BCUT2D eigenvalue weighted by molar-refractivity contribution is 8.78. The number of halogens is 1. The summed E-state index contributed by atoms with van der Waals surface area (Å²) in [5.41, 5.74) is -0.534. The summed E-state index contributed by atoms with van der Waals surface area (Å²) in [5, 5.41) is 0. The van der Waals surface area contributed by atoms with Crippen LogP contribution in [-0.4, -0.2) is 51.5 Å². The molecule has 1 aromatic carbocycles. The maximum Gasteiger partial charge on any atom is 0.314 e. The molecule has 6 nitrogen and oxygen atoms in total. The van der Waals surface area contributed by atoms with E-state index in [-0.39, 0.29) is 18.2 Å². The minimum absolute atomic E-state index is 0.136. The number of amides is 2. The van der Waals surface area contributed by atoms with E-state index in [2.05, 4.69) is 0 Å². The average molecular weight is 410 g/mol. The molecule has 5 rings (SSSR count). The van der Waals surface area contributed by atoms with Crippen LogP contribution in [0.25, 0.3) is 0 Å². The van der Waals surface area contributed by atoms with Gasteiger partial charge in [-0.25, -0.2) is 4.39 Å². The molecule has 0 N–H and O–H groups in total. The highest BCUT2D eigenvalue weighted by Crippen LogP contribution is 2.69. The third-order valence-electron chi connectivity index (χ3n) is 5.93. The molecule has 144 valence electrons. The molecule has 27 heavy (non-hydrogen) atoms. The fraction of sp³-hybridized carbons (Fsp3) is 0.500. The van der Waals surface area contributed by atoms with Gasteiger partial charge in [-0.1, -0.05) is 33.7 Å². The second-order valence-corrected chi connectivity index (χ2v) is 10.3. The Kier molecular flexibility index (Phi) is 3.89. The zero-order valence-corrected chi connectivity index (χ0v) is 16.9. The number of rotatable bonds is 2. The first kappa shape index (κ1) is 18.6. The summed E-state index contributed by atoms with van der Waals surface area (Å²) in [4.78, 5) is 40.3. The van der Waals surface area contributed by atoms with Crippen LogP contribution in [0.5, 0.6) is 0 Å². The maximum absolute atomic E-state index is 13.5. The Morgan fingerprint density at radius 2 is 1.81 bits per heavy atom. The SMILES string of the molecule is COC(=O)[C@@]1(C)C[C@@]23SSC(C)(C(=O)N2[C@H]1c1ccc(F)cc1)N(C)C3=O. The van der Waals surface area contributed by atoms with Gasteiger partial charge in [0.15, 0.2) is 9.74 Å². The largest absolute Gasteiger partial charge is 0.469 e. The third kappa shape index (κ3) is 2.12. The van der Waals surface area contributed by atoms with Crippen molar-refractivity contribution < 1.29 is 23.5 Å². The number of hydrogen-bond acceptors (Lipinski definition) is 6. The molecule has 4 atom stereocenters. The van der Waals surface area contributed by atoms with E-state index in [9.17, 15) is 18.8 Å². The van der Waals surface area contributed by atoms with E-state index in [1.54, 1.807) is 37.9 Å². The van der Waals surface area contributed by atoms with Gasteiger partial charge in [0.25, 0.3) is 11.8 Å². The highest BCUT2D eigenvalue weighted by atomic mass is 33.1. The van der Waals surface area contributed by atoms with Gasteiger partial charge in [-0.3, -0.25) is 14.4 Å². The number of esters is 1. The van der Waals surface area contributed by atoms with Crippen molar-refractivity contribution in [3.05, 3.63) is 35.6 Å². The number of benzene rings is 1. The van der Waals surface area contributed by atoms with Crippen LogP contribution in [0.2, 0.25) is 0 Å². The van der Waals surface area contributed by atoms with Crippen molar-refractivity contribution in [1.29, 1.82) is 0 Å². The van der Waals surface area contributed by atoms with Crippen molar-refractivity contribution in [2.24, 2.45) is 5.41 Å². The molecule has 0 aliphatic carbocycles. The van der Waals surface area contributed by atoms with Crippen molar-refractivity contribution >= 4 is 39.4 Å². The van der Waals surface area contributed by atoms with E-state index < -0.39 is 33.0 Å². The highest BCUT2D eigenvalue weighted by Gasteiger charge is 2.76. The molecular weight excluding hydrogens is 391 g/mol. The van der Waals surface area contributed by atoms with E-state index >= 15 is 0 Å². The van der Waals surface area contributed by atoms with Crippen LogP contribution in [0.1, 0.15) is 31.9 Å². The number of nitrogens with zero attached hydrogens (tertiary/aromatic N) is 2. The zero-order chi connectivity index (χ0) is 19.8. The van der Waals surface area contributed by atoms with Gasteiger partial charge in [-0.2, -0.15) is 0 Å². The van der Waals surface area contributed by atoms with Crippen LogP contribution >= 0.6 is 21.6 Å². The van der Waals surface area contributed by atoms with Gasteiger partial charge in [-0.15, -0.1) is 0 Å². The normalized spacial score (nSPS) is 37.6. The molecule has 4 aliphatic rings. The lowest BCUT2D eigenvalue weighted by atomic mass is 9.78. The Labute approximate surface area is 164 Å². The van der Waals surface area contributed by atoms with Gasteiger partial charge in [0, 0.05) is 13.5 Å². The van der Waals surface area contributed by atoms with E-state index in [4.69, 9.17) is 4.74 Å². The zero-order valence-electron chi connectivity index (χ0n) is 15.3. The summed E-state index contributed by atoms with van der Waals surface area (Å²) in [7, 11) is 5.58. The molecular formula is C18H19FN2O4S2. The summed E-state index contributed by atoms with van der Waals surface area (Å²) >= 11 is 0. The third-order valence-corrected chi connectivity index (χ3v) is 9.63. The summed E-state index contributed by atoms with van der Waals surface area (Å²) in [6.45, 7) is 3.42. The minimum Gasteiger partial charge on any atom is -0.469 e. The first-order valence-corrected chi connectivity index (χ1v) is 10.6. The van der Waals surface area contributed by atoms with Crippen molar-refractivity contribution in [3.63, 3.8) is 0 Å². The van der Waals surface area contributed by atoms with Crippen molar-refractivity contribution in [1.82, 2.24) is 9.80 Å². The van der Waals surface area contributed by atoms with Gasteiger partial charge >= 0.3 is 5.97 Å². The lowest BCUT2D eigenvalue weighted by Gasteiger charge is -2.57. The van der Waals surface area contributed by atoms with Crippen molar-refractivity contribution in [3.8, 4) is 0 Å². The molecule has 9 heteroatoms. The topological polar surface area (TPSA) is 66.9 Å². The number of methoxy groups -OCH3 is 1. The van der Waals surface area contributed by atoms with Crippen LogP contribution in [0, 0.1) is 11.2 Å². The van der Waals surface area contributed by atoms with Gasteiger partial charge in [0.1, 0.15) is 5.82 Å². The van der Waals surface area contributed by atoms with Gasteiger partial charge in [0.2, 0.25) is 0 Å². The number of piperazine rings is 1. The molecule has 1 aromatic rings. The predicted molar refractivity (Wildman–Crippen MR) is 99.8 cm³/mol. The Morgan fingerprint density at radius 1 is 1.19 bits per heavy atom. The Balaban J connectivity index is 1.95. The summed E-state index contributed by atoms with van der Waals surface area (Å²) in [6, 6.07) is 4.99. The number of carbonyl (C=O) groups is 3. The number of ether oxygens (including phenoxy) is 1. The fourth-order valence-electron chi connectivity index (χ4n) is 4.38. The molecule has 1 spiro atoms. The van der Waals surface area contributed by atoms with E-state index in [1.807, 2.05) is 0 Å². The Bertz CT molecular complexity index is 865. The molecule has 0 aromatic heterocycles. The van der Waals surface area contributed by atoms with Crippen LogP contribution in [0.4, 0.5) is 4.39 Å². The first-order valence-electron chi connectivity index (χ1n) is 8.44. The number of hydrogen-bond donors (Lipinski definition) is 0. The smallest absolute Gasteiger partial charge is 0.314 e. The van der Waals surface area contributed by atoms with Gasteiger partial charge < -0.3 is 14.5 Å². The van der Waals surface area contributed by atoms with E-state index in [1.165, 1.54) is 45.7 Å². The van der Waals surface area contributed by atoms with Crippen LogP contribution < -0.4 is 0 Å². The minimum atomic E-state index is -1.18. The second kappa shape index (κ2) is 5.64. The van der Waals surface area contributed by atoms with E-state index in [0.29, 0.717) is 5.56 Å². The lowest BCUT2D eigenvalue weighted by molar-refractivity contribution is -0.165. The molecule has 2 amide bonds. The summed E-state index contributed by atoms with van der Waals surface area (Å²) in [6.07, 6.45) is 0.136. The van der Waals surface area contributed by atoms with E-state index in [0.717, 1.165) is 0 Å². The molecule has 2 bridgehead atoms. The van der Waals surface area contributed by atoms with Crippen molar-refractivity contribution in [2.75, 3.05) is 14.2 Å². The maximum atomic E-state index is 13.5. The van der Waals surface area contributed by atoms with Crippen molar-refractivity contribution in [2.45, 2.75) is 36.1 Å². The number of fused-ring (bicyclic) bond motifs is 2. The predicted octanol–water partition coefficient (Wildman–Crippen LogP) is 2.56. The molecule has 0 radical (unpaired) electrons. The summed E-state index contributed by atoms with van der Waals surface area (Å²) in [5.74, 6) is -1.34. The average Bonchev–Trinajstić information content (AvgIpc) is 2.94. The number of likely N-dealkylation sites (N-methyl/N-ethyl adjacent to an activating group) is 1. The van der Waals surface area contributed by atoms with Crippen LogP contribution in [0.15, 0.2) is 24.3 Å². The van der Waals surface area contributed by atoms with Crippen LogP contribution in [0.3, 0.4) is 0 Å². The molecule has 1 unspecified atom stereocenters. The monoisotopic (exact) mass is 410 g/mol. The number of carbonyl (C=O) groups excluding carboxylic acids is 3. The fourth-order valence-corrected chi connectivity index (χ4v) is 7.96. The molecule has 4 fully saturated rings. The van der Waals surface area contributed by atoms with Gasteiger partial charge in [-0.05, 0) is 31.5 Å². The second-order valence-electron chi connectivity index (χ2n) is 7.51. The molecule has 4 aliphatic heterocycles. The summed E-state index contributed by atoms with van der Waals surface area (Å²) < 4.78 is 18.5. The van der Waals surface area contributed by atoms with Crippen LogP contribution in [-0.2, 0) is 19.1 Å². The quantitative estimate of drug-likeness (QED) is 0.552. The lowest BCUT2D eigenvalue weighted by Crippen LogP contribution is -2.73. The molecule has 0 saturated carbocycles. The first-order chi connectivity index (χ1) is 12.6. The Hall–Kier alpha value is -1.74. The molecule has 4 saturated heterocycles. The molecule has 4 heterocycles. The standard InChI is InChI=1S/C18H19FN2O4S2/c1-16(15(24)25-4)9-18-14(23)20(3)17(2,26-27-18)13(22)21(18)12(16)10-5-7-11(19)8-6-10/h5-8,12H,9H2,1-4H3/t12-,16-,17?,18-/m0/s1. The van der Waals surface area contributed by atoms with Gasteiger partial charge in [0.05, 0.1) is 18.6 Å².